The Morgan fingerprint density at radius 1 is 1.09 bits per heavy atom. The second-order valence-electron chi connectivity index (χ2n) is 9.96. The van der Waals surface area contributed by atoms with Crippen LogP contribution in [0.15, 0.2) is 11.1 Å². The smallest absolute Gasteiger partial charge is 0.188 e. The molecule has 3 rings (SSSR count). The Morgan fingerprint density at radius 2 is 1.70 bits per heavy atom. The molecule has 0 aliphatic heterocycles. The van der Waals surface area contributed by atoms with Crippen LogP contribution >= 0.6 is 0 Å². The first-order chi connectivity index (χ1) is 10.3. The van der Waals surface area contributed by atoms with Crippen molar-refractivity contribution < 1.29 is 19.8 Å². The van der Waals surface area contributed by atoms with Gasteiger partial charge in [0.2, 0.25) is 0 Å². The minimum atomic E-state index is -1.24. The Labute approximate surface area is 138 Å². The van der Waals surface area contributed by atoms with Gasteiger partial charge in [-0.25, -0.2) is 0 Å². The van der Waals surface area contributed by atoms with Gasteiger partial charge < -0.3 is 15.0 Å². The summed E-state index contributed by atoms with van der Waals surface area (Å²) >= 11 is 0. The molecule has 0 radical (unpaired) electrons. The monoisotopic (exact) mass is 319 g/mol. The zero-order valence-corrected chi connectivity index (χ0v) is 14.8. The number of hydrogen-bond acceptors (Lipinski definition) is 4. The quantitative estimate of drug-likeness (QED) is 0.802. The summed E-state index contributed by atoms with van der Waals surface area (Å²) in [5, 5.41) is 22.6. The highest BCUT2D eigenvalue weighted by Gasteiger charge is 2.59. The van der Waals surface area contributed by atoms with E-state index in [2.05, 4.69) is 20.8 Å². The predicted molar refractivity (Wildman–Crippen MR) is 84.2 cm³/mol. The van der Waals surface area contributed by atoms with Crippen LogP contribution in [-0.2, 0) is 9.59 Å². The third-order valence-corrected chi connectivity index (χ3v) is 6.18. The van der Waals surface area contributed by atoms with Crippen molar-refractivity contribution in [1.29, 1.82) is 0 Å². The van der Waals surface area contributed by atoms with E-state index in [4.69, 9.17) is 0 Å². The normalized spacial score (nSPS) is 41.5. The number of carboxylic acids is 1. The second kappa shape index (κ2) is 4.47. The molecule has 3 atom stereocenters. The molecule has 0 aromatic carbocycles. The van der Waals surface area contributed by atoms with Gasteiger partial charge in [0.1, 0.15) is 6.10 Å². The third kappa shape index (κ3) is 2.29. The van der Waals surface area contributed by atoms with E-state index in [9.17, 15) is 19.8 Å². The summed E-state index contributed by atoms with van der Waals surface area (Å²) in [6.07, 6.45) is 2.01. The summed E-state index contributed by atoms with van der Waals surface area (Å²) in [6, 6.07) is 0. The Hall–Kier alpha value is -1.16. The molecule has 0 aromatic rings. The fourth-order valence-electron chi connectivity index (χ4n) is 6.08. The molecule has 3 aliphatic carbocycles. The summed E-state index contributed by atoms with van der Waals surface area (Å²) < 4.78 is 0. The van der Waals surface area contributed by atoms with Crippen LogP contribution in [0.2, 0.25) is 0 Å². The molecule has 0 aromatic heterocycles. The molecule has 4 nitrogen and oxygen atoms in total. The highest BCUT2D eigenvalue weighted by Crippen LogP contribution is 2.65. The number of hydrogen-bond donors (Lipinski definition) is 1. The van der Waals surface area contributed by atoms with Gasteiger partial charge in [0.15, 0.2) is 5.78 Å². The molecule has 1 saturated carbocycles. The summed E-state index contributed by atoms with van der Waals surface area (Å²) in [7, 11) is 0. The zero-order chi connectivity index (χ0) is 17.4. The van der Waals surface area contributed by atoms with Crippen molar-refractivity contribution in [3.63, 3.8) is 0 Å². The van der Waals surface area contributed by atoms with Crippen LogP contribution in [0, 0.1) is 21.7 Å². The van der Waals surface area contributed by atoms with Crippen LogP contribution < -0.4 is 5.11 Å². The maximum atomic E-state index is 12.9. The summed E-state index contributed by atoms with van der Waals surface area (Å²) in [4.78, 5) is 25.1. The van der Waals surface area contributed by atoms with E-state index in [0.29, 0.717) is 24.8 Å². The van der Waals surface area contributed by atoms with Gasteiger partial charge in [-0.3, -0.25) is 4.79 Å². The average Bonchev–Trinajstić information content (AvgIpc) is 2.31. The van der Waals surface area contributed by atoms with Gasteiger partial charge in [0.25, 0.3) is 0 Å². The molecule has 0 amide bonds. The van der Waals surface area contributed by atoms with Crippen molar-refractivity contribution in [2.24, 2.45) is 21.7 Å². The molecule has 3 unspecified atom stereocenters. The molecule has 4 heteroatoms. The number of aliphatic carboxylic acids is 1. The standard InChI is InChI=1S/C19H28O4/c1-16(2)8-18(5)7-11-6-17(3,4)14(21)13(20)12(11)19(9-16,10-18)15(22)23/h14,21H,6-10H2,1-5H3,(H,22,23)/p-1. The number of ketones is 1. The summed E-state index contributed by atoms with van der Waals surface area (Å²) in [5.41, 5.74) is -0.754. The first kappa shape index (κ1) is 16.7. The first-order valence-electron chi connectivity index (χ1n) is 8.48. The van der Waals surface area contributed by atoms with Gasteiger partial charge in [-0.05, 0) is 42.9 Å². The van der Waals surface area contributed by atoms with E-state index in [1.807, 2.05) is 13.8 Å². The molecular weight excluding hydrogens is 292 g/mol. The lowest BCUT2D eigenvalue weighted by atomic mass is 9.45. The van der Waals surface area contributed by atoms with E-state index < -0.39 is 22.9 Å². The van der Waals surface area contributed by atoms with E-state index in [0.717, 1.165) is 18.4 Å². The Morgan fingerprint density at radius 3 is 2.26 bits per heavy atom. The minimum absolute atomic E-state index is 0.126. The van der Waals surface area contributed by atoms with Crippen molar-refractivity contribution in [1.82, 2.24) is 0 Å². The molecule has 0 spiro atoms. The number of rotatable bonds is 1. The average molecular weight is 319 g/mol. The summed E-state index contributed by atoms with van der Waals surface area (Å²) in [6.45, 7) is 10.0. The van der Waals surface area contributed by atoms with Crippen LogP contribution in [0.1, 0.15) is 66.7 Å². The predicted octanol–water partition coefficient (Wildman–Crippen LogP) is 2.00. The van der Waals surface area contributed by atoms with Crippen LogP contribution in [0.4, 0.5) is 0 Å². The molecule has 2 bridgehead atoms. The molecule has 1 fully saturated rings. The number of carboxylic acid groups (broad SMARTS) is 1. The number of aliphatic hydroxyl groups is 1. The molecule has 128 valence electrons. The van der Waals surface area contributed by atoms with Crippen LogP contribution in [0.5, 0.6) is 0 Å². The lowest BCUT2D eigenvalue weighted by molar-refractivity contribution is -0.322. The Balaban J connectivity index is 2.24. The van der Waals surface area contributed by atoms with Crippen molar-refractivity contribution in [2.45, 2.75) is 72.8 Å². The van der Waals surface area contributed by atoms with Gasteiger partial charge in [-0.15, -0.1) is 0 Å². The molecule has 1 N–H and O–H groups in total. The number of Topliss-reactive ketones (excluding diaryl/α,β-unsaturated/α-hetero) is 1. The van der Waals surface area contributed by atoms with Crippen molar-refractivity contribution in [3.05, 3.63) is 11.1 Å². The maximum absolute atomic E-state index is 12.9. The number of allylic oxidation sites excluding steroid dienone is 1. The maximum Gasteiger partial charge on any atom is 0.188 e. The van der Waals surface area contributed by atoms with Crippen LogP contribution in [0.25, 0.3) is 0 Å². The van der Waals surface area contributed by atoms with Gasteiger partial charge in [0.05, 0.1) is 5.97 Å². The minimum Gasteiger partial charge on any atom is -0.549 e. The van der Waals surface area contributed by atoms with E-state index >= 15 is 0 Å². The van der Waals surface area contributed by atoms with Gasteiger partial charge in [-0.1, -0.05) is 40.2 Å². The molecule has 0 saturated heterocycles. The lowest BCUT2D eigenvalue weighted by Crippen LogP contribution is -2.59. The largest absolute Gasteiger partial charge is 0.549 e. The number of carbonyl (C=O) groups is 2. The topological polar surface area (TPSA) is 77.4 Å². The number of aliphatic hydroxyl groups excluding tert-OH is 1. The van der Waals surface area contributed by atoms with Crippen molar-refractivity contribution in [2.75, 3.05) is 0 Å². The van der Waals surface area contributed by atoms with Crippen LogP contribution in [0.3, 0.4) is 0 Å². The fraction of sp³-hybridized carbons (Fsp3) is 0.789. The zero-order valence-electron chi connectivity index (χ0n) is 14.8. The van der Waals surface area contributed by atoms with E-state index in [-0.39, 0.29) is 16.6 Å². The number of fused-ring (bicyclic) bond motifs is 3. The van der Waals surface area contributed by atoms with E-state index in [1.54, 1.807) is 0 Å². The van der Waals surface area contributed by atoms with Crippen LogP contribution in [-0.4, -0.2) is 23.0 Å². The van der Waals surface area contributed by atoms with Crippen molar-refractivity contribution >= 4 is 11.8 Å². The first-order valence-corrected chi connectivity index (χ1v) is 8.48. The highest BCUT2D eigenvalue weighted by molar-refractivity contribution is 6.06. The third-order valence-electron chi connectivity index (χ3n) is 6.18. The highest BCUT2D eigenvalue weighted by atomic mass is 16.4. The SMILES string of the molecule is CC1(C)CC2(C)CC3=C(C(=O)C(O)C(C)(C)C3)C(C(=O)[O-])(C1)C2. The fourth-order valence-corrected chi connectivity index (χ4v) is 6.08. The molecule has 0 heterocycles. The van der Waals surface area contributed by atoms with Crippen molar-refractivity contribution in [3.8, 4) is 0 Å². The lowest BCUT2D eigenvalue weighted by Gasteiger charge is -2.60. The molecular formula is C19H27O4-. The molecule has 3 aliphatic rings. The Bertz CT molecular complexity index is 627. The van der Waals surface area contributed by atoms with Gasteiger partial charge in [0, 0.05) is 16.4 Å². The summed E-state index contributed by atoms with van der Waals surface area (Å²) in [5.74, 6) is -1.54. The number of carbonyl (C=O) groups excluding carboxylic acids is 2. The molecule has 23 heavy (non-hydrogen) atoms. The van der Waals surface area contributed by atoms with Gasteiger partial charge >= 0.3 is 0 Å². The van der Waals surface area contributed by atoms with E-state index in [1.165, 1.54) is 0 Å². The van der Waals surface area contributed by atoms with Gasteiger partial charge in [-0.2, -0.15) is 0 Å². The Kier molecular flexibility index (Phi) is 3.24. The second-order valence-corrected chi connectivity index (χ2v) is 9.96.